The predicted octanol–water partition coefficient (Wildman–Crippen LogP) is 3.59. The van der Waals surface area contributed by atoms with Crippen LogP contribution in [-0.2, 0) is 0 Å². The molecule has 0 bridgehead atoms. The minimum atomic E-state index is 0.152. The van der Waals surface area contributed by atoms with Gasteiger partial charge in [0.1, 0.15) is 11.5 Å². The zero-order valence-corrected chi connectivity index (χ0v) is 13.8. The summed E-state index contributed by atoms with van der Waals surface area (Å²) in [7, 11) is 0. The molecule has 6 nitrogen and oxygen atoms in total. The Bertz CT molecular complexity index is 913. The number of para-hydroxylation sites is 1. The van der Waals surface area contributed by atoms with Crippen LogP contribution in [0, 0.1) is 4.77 Å². The Morgan fingerprint density at radius 1 is 1.25 bits per heavy atom. The van der Waals surface area contributed by atoms with Crippen molar-refractivity contribution >= 4 is 18.4 Å². The third kappa shape index (κ3) is 3.36. The van der Waals surface area contributed by atoms with Gasteiger partial charge in [-0.05, 0) is 55.5 Å². The van der Waals surface area contributed by atoms with Crippen molar-refractivity contribution in [2.45, 2.75) is 6.92 Å². The fourth-order valence-corrected chi connectivity index (χ4v) is 2.35. The molecule has 122 valence electrons. The maximum absolute atomic E-state index is 9.81. The second kappa shape index (κ2) is 7.10. The molecule has 3 aromatic rings. The highest BCUT2D eigenvalue weighted by atomic mass is 32.1. The van der Waals surface area contributed by atoms with E-state index in [2.05, 4.69) is 15.3 Å². The van der Waals surface area contributed by atoms with Gasteiger partial charge in [0.2, 0.25) is 4.77 Å². The smallest absolute Gasteiger partial charge is 0.216 e. The van der Waals surface area contributed by atoms with Crippen molar-refractivity contribution in [1.29, 1.82) is 0 Å². The first-order chi connectivity index (χ1) is 11.7. The molecule has 0 atom stereocenters. The molecular formula is C17H16N4O2S. The fraction of sp³-hybridized carbons (Fsp3) is 0.118. The summed E-state index contributed by atoms with van der Waals surface area (Å²) >= 11 is 5.23. The number of phenolic OH excluding ortho intramolecular Hbond substituents is 1. The number of H-pyrrole nitrogens is 1. The Morgan fingerprint density at radius 3 is 2.71 bits per heavy atom. The number of benzene rings is 2. The number of aromatic hydroxyl groups is 1. The molecule has 7 heteroatoms. The fourth-order valence-electron chi connectivity index (χ4n) is 2.17. The van der Waals surface area contributed by atoms with Gasteiger partial charge in [-0.3, -0.25) is 0 Å². The van der Waals surface area contributed by atoms with Gasteiger partial charge < -0.3 is 9.84 Å². The summed E-state index contributed by atoms with van der Waals surface area (Å²) in [5, 5.41) is 21.1. The summed E-state index contributed by atoms with van der Waals surface area (Å²) in [4.78, 5) is 0. The highest BCUT2D eigenvalue weighted by Crippen LogP contribution is 2.21. The van der Waals surface area contributed by atoms with E-state index in [4.69, 9.17) is 17.0 Å². The van der Waals surface area contributed by atoms with E-state index in [1.807, 2.05) is 37.3 Å². The van der Waals surface area contributed by atoms with E-state index in [1.165, 1.54) is 4.68 Å². The zero-order chi connectivity index (χ0) is 16.9. The average molecular weight is 340 g/mol. The first-order valence-corrected chi connectivity index (χ1v) is 7.83. The molecule has 1 heterocycles. The van der Waals surface area contributed by atoms with E-state index >= 15 is 0 Å². The maximum Gasteiger partial charge on any atom is 0.216 e. The van der Waals surface area contributed by atoms with Crippen LogP contribution in [0.15, 0.2) is 53.6 Å². The first kappa shape index (κ1) is 15.9. The monoisotopic (exact) mass is 340 g/mol. The molecule has 2 N–H and O–H groups in total. The van der Waals surface area contributed by atoms with Crippen LogP contribution in [0.2, 0.25) is 0 Å². The second-order valence-electron chi connectivity index (χ2n) is 4.92. The van der Waals surface area contributed by atoms with E-state index in [9.17, 15) is 5.11 Å². The van der Waals surface area contributed by atoms with E-state index in [0.29, 0.717) is 22.8 Å². The number of hydrogen-bond donors (Lipinski definition) is 2. The largest absolute Gasteiger partial charge is 0.507 e. The van der Waals surface area contributed by atoms with Crippen molar-refractivity contribution in [1.82, 2.24) is 14.9 Å². The Labute approximate surface area is 144 Å². The number of aromatic amines is 1. The number of ether oxygens (including phenoxy) is 1. The molecule has 0 aliphatic rings. The number of hydrogen-bond acceptors (Lipinski definition) is 5. The maximum atomic E-state index is 9.81. The van der Waals surface area contributed by atoms with Crippen LogP contribution in [0.4, 0.5) is 0 Å². The normalized spacial score (nSPS) is 11.0. The first-order valence-electron chi connectivity index (χ1n) is 7.42. The van der Waals surface area contributed by atoms with Crippen LogP contribution in [-0.4, -0.2) is 32.8 Å². The molecule has 1 aromatic heterocycles. The third-order valence-electron chi connectivity index (χ3n) is 3.32. The van der Waals surface area contributed by atoms with Gasteiger partial charge in [0.05, 0.1) is 12.8 Å². The summed E-state index contributed by atoms with van der Waals surface area (Å²) in [6, 6.07) is 14.5. The molecule has 0 aliphatic heterocycles. The van der Waals surface area contributed by atoms with Gasteiger partial charge >= 0.3 is 0 Å². The highest BCUT2D eigenvalue weighted by molar-refractivity contribution is 7.71. The van der Waals surface area contributed by atoms with Crippen molar-refractivity contribution in [3.63, 3.8) is 0 Å². The van der Waals surface area contributed by atoms with Crippen LogP contribution in [0.25, 0.3) is 11.4 Å². The minimum Gasteiger partial charge on any atom is -0.507 e. The van der Waals surface area contributed by atoms with Crippen molar-refractivity contribution < 1.29 is 9.84 Å². The summed E-state index contributed by atoms with van der Waals surface area (Å²) < 4.78 is 7.32. The van der Waals surface area contributed by atoms with Crippen LogP contribution >= 0.6 is 12.2 Å². The molecule has 0 spiro atoms. The average Bonchev–Trinajstić information content (AvgIpc) is 2.96. The Balaban J connectivity index is 1.94. The summed E-state index contributed by atoms with van der Waals surface area (Å²) in [5.74, 6) is 1.52. The number of aromatic nitrogens is 3. The van der Waals surface area contributed by atoms with Gasteiger partial charge in [0.25, 0.3) is 0 Å². The van der Waals surface area contributed by atoms with Gasteiger partial charge in [-0.15, -0.1) is 0 Å². The van der Waals surface area contributed by atoms with Crippen molar-refractivity contribution in [2.24, 2.45) is 5.10 Å². The molecule has 0 amide bonds. The molecule has 0 fully saturated rings. The lowest BCUT2D eigenvalue weighted by atomic mass is 10.2. The van der Waals surface area contributed by atoms with Gasteiger partial charge in [0.15, 0.2) is 5.82 Å². The third-order valence-corrected chi connectivity index (χ3v) is 3.59. The van der Waals surface area contributed by atoms with Gasteiger partial charge in [-0.25, -0.2) is 5.10 Å². The van der Waals surface area contributed by atoms with Gasteiger partial charge in [-0.2, -0.15) is 14.9 Å². The topological polar surface area (TPSA) is 75.4 Å². The van der Waals surface area contributed by atoms with Gasteiger partial charge in [-0.1, -0.05) is 12.1 Å². The van der Waals surface area contributed by atoms with E-state index < -0.39 is 0 Å². The van der Waals surface area contributed by atoms with Gasteiger partial charge in [0, 0.05) is 11.1 Å². The lowest BCUT2D eigenvalue weighted by Gasteiger charge is -2.04. The molecule has 0 saturated carbocycles. The van der Waals surface area contributed by atoms with Crippen molar-refractivity contribution in [2.75, 3.05) is 6.61 Å². The number of rotatable bonds is 5. The molecule has 0 radical (unpaired) electrons. The lowest BCUT2D eigenvalue weighted by molar-refractivity contribution is 0.340. The van der Waals surface area contributed by atoms with E-state index in [-0.39, 0.29) is 5.75 Å². The number of nitrogens with one attached hydrogen (secondary N) is 1. The molecule has 3 rings (SSSR count). The molecule has 2 aromatic carbocycles. The van der Waals surface area contributed by atoms with E-state index in [0.717, 1.165) is 11.3 Å². The van der Waals surface area contributed by atoms with Crippen LogP contribution in [0.3, 0.4) is 0 Å². The molecular weight excluding hydrogens is 324 g/mol. The minimum absolute atomic E-state index is 0.152. The van der Waals surface area contributed by atoms with Crippen LogP contribution < -0.4 is 4.74 Å². The molecule has 0 aliphatic carbocycles. The second-order valence-corrected chi connectivity index (χ2v) is 5.31. The predicted molar refractivity (Wildman–Crippen MR) is 95.1 cm³/mol. The highest BCUT2D eigenvalue weighted by Gasteiger charge is 2.08. The molecule has 0 saturated heterocycles. The van der Waals surface area contributed by atoms with E-state index in [1.54, 1.807) is 24.4 Å². The van der Waals surface area contributed by atoms with Crippen molar-refractivity contribution in [3.8, 4) is 22.9 Å². The Hall–Kier alpha value is -2.93. The summed E-state index contributed by atoms with van der Waals surface area (Å²) in [6.45, 7) is 2.55. The quantitative estimate of drug-likeness (QED) is 0.550. The SMILES string of the molecule is CCOc1ccc(-c2n[nH]c(=S)n2/N=C\c2ccccc2O)cc1. The summed E-state index contributed by atoms with van der Waals surface area (Å²) in [5.41, 5.74) is 1.44. The zero-order valence-electron chi connectivity index (χ0n) is 13.0. The van der Waals surface area contributed by atoms with Crippen molar-refractivity contribution in [3.05, 3.63) is 58.9 Å². The Kier molecular flexibility index (Phi) is 4.72. The van der Waals surface area contributed by atoms with Crippen LogP contribution in [0.1, 0.15) is 12.5 Å². The lowest BCUT2D eigenvalue weighted by Crippen LogP contribution is -1.96. The Morgan fingerprint density at radius 2 is 2.00 bits per heavy atom. The standard InChI is InChI=1S/C17H16N4O2S/c1-2-23-14-9-7-12(8-10-14)16-19-20-17(24)21(16)18-11-13-5-3-4-6-15(13)22/h3-11,22H,2H2,1H3,(H,20,24)/b18-11-. The summed E-state index contributed by atoms with van der Waals surface area (Å²) in [6.07, 6.45) is 1.54. The number of nitrogens with zero attached hydrogens (tertiary/aromatic N) is 3. The molecule has 24 heavy (non-hydrogen) atoms. The molecule has 0 unspecified atom stereocenters. The van der Waals surface area contributed by atoms with Crippen LogP contribution in [0.5, 0.6) is 11.5 Å². The number of phenols is 1.